The minimum atomic E-state index is -3.85. The van der Waals surface area contributed by atoms with Crippen molar-refractivity contribution in [2.75, 3.05) is 5.32 Å². The topological polar surface area (TPSA) is 112 Å². The summed E-state index contributed by atoms with van der Waals surface area (Å²) < 4.78 is 29.8. The Morgan fingerprint density at radius 2 is 1.74 bits per heavy atom. The number of aryl methyl sites for hydroxylation is 3. The fourth-order valence-corrected chi connectivity index (χ4v) is 5.95. The fourth-order valence-electron chi connectivity index (χ4n) is 4.65. The predicted molar refractivity (Wildman–Crippen MR) is 150 cm³/mol. The second-order valence-corrected chi connectivity index (χ2v) is 11.2. The van der Waals surface area contributed by atoms with E-state index in [0.717, 1.165) is 33.3 Å². The van der Waals surface area contributed by atoms with Gasteiger partial charge >= 0.3 is 0 Å². The number of fused-ring (bicyclic) bond motifs is 2. The van der Waals surface area contributed by atoms with E-state index in [4.69, 9.17) is 0 Å². The standard InChI is InChI=1S/C29H24N6O3S/c1-18-7-9-21(10-8-18)39(37,38)35-14-12-23-22(11-13-30-28(23)35)20-15-26(24-17-31-34(3)27(24)16-20)33-29(36)25-6-4-5-19(2)32-25/h4-17H,1-3H3,(H,33,36). The summed E-state index contributed by atoms with van der Waals surface area (Å²) in [4.78, 5) is 22.0. The van der Waals surface area contributed by atoms with Crippen molar-refractivity contribution in [2.24, 2.45) is 7.05 Å². The van der Waals surface area contributed by atoms with Crippen LogP contribution in [0.25, 0.3) is 33.1 Å². The molecule has 0 atom stereocenters. The predicted octanol–water partition coefficient (Wildman–Crippen LogP) is 5.09. The van der Waals surface area contributed by atoms with Crippen molar-refractivity contribution in [3.8, 4) is 11.1 Å². The molecule has 0 bridgehead atoms. The molecule has 39 heavy (non-hydrogen) atoms. The van der Waals surface area contributed by atoms with E-state index < -0.39 is 10.0 Å². The van der Waals surface area contributed by atoms with Crippen LogP contribution in [0.15, 0.2) is 90.2 Å². The lowest BCUT2D eigenvalue weighted by Crippen LogP contribution is -2.14. The molecule has 6 aromatic rings. The Kier molecular flexibility index (Phi) is 5.76. The van der Waals surface area contributed by atoms with Gasteiger partial charge in [-0.05, 0) is 73.5 Å². The number of pyridine rings is 2. The molecular formula is C29H24N6O3S. The first kappa shape index (κ1) is 24.5. The van der Waals surface area contributed by atoms with Crippen LogP contribution in [0.4, 0.5) is 5.69 Å². The van der Waals surface area contributed by atoms with Gasteiger partial charge in [0.05, 0.1) is 22.3 Å². The highest BCUT2D eigenvalue weighted by Gasteiger charge is 2.22. The summed E-state index contributed by atoms with van der Waals surface area (Å²) in [5.74, 6) is -0.337. The molecule has 9 nitrogen and oxygen atoms in total. The van der Waals surface area contributed by atoms with Crippen LogP contribution in [0.2, 0.25) is 0 Å². The van der Waals surface area contributed by atoms with Crippen molar-refractivity contribution in [1.29, 1.82) is 0 Å². The number of nitrogens with zero attached hydrogens (tertiary/aromatic N) is 5. The Morgan fingerprint density at radius 1 is 0.949 bits per heavy atom. The van der Waals surface area contributed by atoms with Gasteiger partial charge in [0.2, 0.25) is 0 Å². The van der Waals surface area contributed by atoms with Gasteiger partial charge in [0.15, 0.2) is 5.65 Å². The number of hydrogen-bond acceptors (Lipinski definition) is 6. The van der Waals surface area contributed by atoms with Crippen LogP contribution in [0.5, 0.6) is 0 Å². The van der Waals surface area contributed by atoms with E-state index in [2.05, 4.69) is 20.4 Å². The Hall–Kier alpha value is -4.83. The summed E-state index contributed by atoms with van der Waals surface area (Å²) in [6.07, 6.45) is 4.80. The average Bonchev–Trinajstić information content (AvgIpc) is 3.53. The van der Waals surface area contributed by atoms with Gasteiger partial charge in [-0.25, -0.2) is 22.4 Å². The van der Waals surface area contributed by atoms with Gasteiger partial charge in [-0.3, -0.25) is 9.48 Å². The number of rotatable bonds is 5. The monoisotopic (exact) mass is 536 g/mol. The molecule has 0 aliphatic rings. The molecule has 4 heterocycles. The number of carbonyl (C=O) groups excluding carboxylic acids is 1. The number of nitrogens with one attached hydrogen (secondary N) is 1. The summed E-state index contributed by atoms with van der Waals surface area (Å²) in [5.41, 5.74) is 5.25. The van der Waals surface area contributed by atoms with Crippen LogP contribution >= 0.6 is 0 Å². The molecule has 1 amide bonds. The van der Waals surface area contributed by atoms with Crippen LogP contribution in [-0.4, -0.2) is 38.0 Å². The van der Waals surface area contributed by atoms with E-state index in [-0.39, 0.29) is 10.8 Å². The fraction of sp³-hybridized carbons (Fsp3) is 0.103. The summed E-state index contributed by atoms with van der Waals surface area (Å²) >= 11 is 0. The van der Waals surface area contributed by atoms with Crippen molar-refractivity contribution in [2.45, 2.75) is 18.7 Å². The Morgan fingerprint density at radius 3 is 2.51 bits per heavy atom. The first-order valence-corrected chi connectivity index (χ1v) is 13.7. The normalized spacial score (nSPS) is 11.8. The van der Waals surface area contributed by atoms with Crippen LogP contribution in [0, 0.1) is 13.8 Å². The maximum Gasteiger partial charge on any atom is 0.274 e. The second-order valence-electron chi connectivity index (χ2n) is 9.37. The van der Waals surface area contributed by atoms with Gasteiger partial charge in [-0.1, -0.05) is 23.8 Å². The molecule has 0 fully saturated rings. The van der Waals surface area contributed by atoms with Gasteiger partial charge in [0.1, 0.15) is 5.69 Å². The number of carbonyl (C=O) groups is 1. The lowest BCUT2D eigenvalue weighted by atomic mass is 10.0. The van der Waals surface area contributed by atoms with E-state index in [9.17, 15) is 13.2 Å². The van der Waals surface area contributed by atoms with Gasteiger partial charge in [0, 0.05) is 35.9 Å². The number of amides is 1. The Balaban J connectivity index is 1.48. The number of benzene rings is 2. The molecular weight excluding hydrogens is 512 g/mol. The molecule has 0 unspecified atom stereocenters. The summed E-state index contributed by atoms with van der Waals surface area (Å²) in [5, 5.41) is 8.79. The van der Waals surface area contributed by atoms with E-state index >= 15 is 0 Å². The zero-order valence-electron chi connectivity index (χ0n) is 21.5. The first-order chi connectivity index (χ1) is 18.7. The molecule has 0 aliphatic heterocycles. The third kappa shape index (κ3) is 4.24. The molecule has 0 spiro atoms. The molecule has 2 aromatic carbocycles. The van der Waals surface area contributed by atoms with E-state index in [1.54, 1.807) is 59.5 Å². The average molecular weight is 537 g/mol. The molecule has 4 aromatic heterocycles. The van der Waals surface area contributed by atoms with Crippen molar-refractivity contribution < 1.29 is 13.2 Å². The molecule has 1 N–H and O–H groups in total. The molecule has 194 valence electrons. The molecule has 0 radical (unpaired) electrons. The largest absolute Gasteiger partial charge is 0.320 e. The number of hydrogen-bond donors (Lipinski definition) is 1. The number of anilines is 1. The SMILES string of the molecule is Cc1ccc(S(=O)(=O)n2ccc3c(-c4cc(NC(=O)c5cccc(C)n5)c5cnn(C)c5c4)ccnc32)cc1. The van der Waals surface area contributed by atoms with Crippen LogP contribution in [-0.2, 0) is 17.1 Å². The van der Waals surface area contributed by atoms with E-state index in [1.807, 2.05) is 45.2 Å². The van der Waals surface area contributed by atoms with E-state index in [1.165, 1.54) is 10.2 Å². The Labute approximate surface area is 224 Å². The summed E-state index contributed by atoms with van der Waals surface area (Å²) in [7, 11) is -2.03. The Bertz CT molecular complexity index is 2010. The lowest BCUT2D eigenvalue weighted by molar-refractivity contribution is 0.102. The maximum absolute atomic E-state index is 13.4. The number of aromatic nitrogens is 5. The molecule has 10 heteroatoms. The maximum atomic E-state index is 13.4. The zero-order chi connectivity index (χ0) is 27.3. The molecule has 0 saturated carbocycles. The highest BCUT2D eigenvalue weighted by atomic mass is 32.2. The lowest BCUT2D eigenvalue weighted by Gasteiger charge is -2.12. The van der Waals surface area contributed by atoms with Crippen LogP contribution in [0.1, 0.15) is 21.7 Å². The molecule has 0 saturated heterocycles. The highest BCUT2D eigenvalue weighted by Crippen LogP contribution is 2.35. The van der Waals surface area contributed by atoms with Crippen LogP contribution in [0.3, 0.4) is 0 Å². The van der Waals surface area contributed by atoms with Gasteiger partial charge < -0.3 is 5.32 Å². The van der Waals surface area contributed by atoms with E-state index in [0.29, 0.717) is 22.4 Å². The summed E-state index contributed by atoms with van der Waals surface area (Å²) in [6.45, 7) is 3.74. The van der Waals surface area contributed by atoms with Crippen LogP contribution < -0.4 is 5.32 Å². The second kappa shape index (κ2) is 9.17. The van der Waals surface area contributed by atoms with Crippen molar-refractivity contribution >= 4 is 43.6 Å². The molecule has 6 rings (SSSR count). The minimum Gasteiger partial charge on any atom is -0.320 e. The van der Waals surface area contributed by atoms with Crippen molar-refractivity contribution in [1.82, 2.24) is 23.7 Å². The highest BCUT2D eigenvalue weighted by molar-refractivity contribution is 7.90. The zero-order valence-corrected chi connectivity index (χ0v) is 22.3. The third-order valence-electron chi connectivity index (χ3n) is 6.68. The smallest absolute Gasteiger partial charge is 0.274 e. The first-order valence-electron chi connectivity index (χ1n) is 12.2. The van der Waals surface area contributed by atoms with Gasteiger partial charge in [0.25, 0.3) is 15.9 Å². The van der Waals surface area contributed by atoms with Crippen molar-refractivity contribution in [3.05, 3.63) is 102 Å². The quantitative estimate of drug-likeness (QED) is 0.328. The minimum absolute atomic E-state index is 0.184. The third-order valence-corrected chi connectivity index (χ3v) is 8.36. The van der Waals surface area contributed by atoms with Crippen molar-refractivity contribution in [3.63, 3.8) is 0 Å². The van der Waals surface area contributed by atoms with Gasteiger partial charge in [-0.15, -0.1) is 0 Å². The summed E-state index contributed by atoms with van der Waals surface area (Å²) in [6, 6.07) is 19.4. The van der Waals surface area contributed by atoms with Gasteiger partial charge in [-0.2, -0.15) is 5.10 Å². The molecule has 0 aliphatic carbocycles.